The third-order valence-corrected chi connectivity index (χ3v) is 5.11. The highest BCUT2D eigenvalue weighted by Crippen LogP contribution is 2.40. The Kier molecular flexibility index (Phi) is 7.09. The predicted molar refractivity (Wildman–Crippen MR) is 105 cm³/mol. The van der Waals surface area contributed by atoms with Crippen molar-refractivity contribution in [3.63, 3.8) is 0 Å². The van der Waals surface area contributed by atoms with Crippen LogP contribution in [-0.4, -0.2) is 65.4 Å². The normalized spacial score (nSPS) is 16.5. The molecular weight excluding hydrogens is 450 g/mol. The Labute approximate surface area is 175 Å². The molecule has 1 aliphatic rings. The van der Waals surface area contributed by atoms with Crippen molar-refractivity contribution in [3.05, 3.63) is 33.4 Å². The van der Waals surface area contributed by atoms with E-state index in [2.05, 4.69) is 21.2 Å². The second-order valence-corrected chi connectivity index (χ2v) is 6.95. The lowest BCUT2D eigenvalue weighted by molar-refractivity contribution is -0.175. The van der Waals surface area contributed by atoms with Crippen molar-refractivity contribution >= 4 is 33.8 Å². The average molecular weight is 472 g/mol. The van der Waals surface area contributed by atoms with E-state index < -0.39 is 23.9 Å². The number of carboxylic acids is 1. The molecule has 1 heterocycles. The van der Waals surface area contributed by atoms with Gasteiger partial charge in [0, 0.05) is 12.2 Å². The maximum Gasteiger partial charge on any atom is 0.335 e. The zero-order valence-corrected chi connectivity index (χ0v) is 17.9. The first-order valence-corrected chi connectivity index (χ1v) is 9.38. The van der Waals surface area contributed by atoms with E-state index in [0.29, 0.717) is 5.56 Å². The lowest BCUT2D eigenvalue weighted by Crippen LogP contribution is -2.51. The van der Waals surface area contributed by atoms with Crippen LogP contribution in [0.3, 0.4) is 0 Å². The highest BCUT2D eigenvalue weighted by atomic mass is 79.9. The fourth-order valence-electron chi connectivity index (χ4n) is 3.04. The molecular formula is C18H22BrN3O7. The van der Waals surface area contributed by atoms with Gasteiger partial charge in [0.15, 0.2) is 11.5 Å². The number of ether oxygens (including phenoxy) is 1. The topological polar surface area (TPSA) is 129 Å². The summed E-state index contributed by atoms with van der Waals surface area (Å²) in [6.07, 6.45) is 0. The van der Waals surface area contributed by atoms with Gasteiger partial charge in [-0.2, -0.15) is 0 Å². The molecule has 158 valence electrons. The lowest BCUT2D eigenvalue weighted by atomic mass is 9.94. The highest BCUT2D eigenvalue weighted by Gasteiger charge is 2.37. The van der Waals surface area contributed by atoms with Gasteiger partial charge in [0.05, 0.1) is 30.3 Å². The Hall–Kier alpha value is -2.79. The van der Waals surface area contributed by atoms with Crippen molar-refractivity contribution in [3.8, 4) is 11.5 Å². The molecule has 0 fully saturated rings. The largest absolute Gasteiger partial charge is 0.503 e. The summed E-state index contributed by atoms with van der Waals surface area (Å²) in [5, 5.41) is 23.4. The minimum Gasteiger partial charge on any atom is -0.503 e. The molecule has 1 atom stereocenters. The molecule has 1 aromatic rings. The summed E-state index contributed by atoms with van der Waals surface area (Å²) in [5.74, 6) is -1.79. The number of phenols is 1. The number of hydrogen-bond acceptors (Lipinski definition) is 6. The number of allylic oxidation sites excluding steroid dienone is 1. The van der Waals surface area contributed by atoms with Crippen molar-refractivity contribution in [1.82, 2.24) is 15.3 Å². The van der Waals surface area contributed by atoms with Crippen LogP contribution in [0.25, 0.3) is 0 Å². The number of nitrogens with one attached hydrogen (secondary N) is 1. The summed E-state index contributed by atoms with van der Waals surface area (Å²) in [6, 6.07) is 1.28. The van der Waals surface area contributed by atoms with Crippen LogP contribution < -0.4 is 10.1 Å². The molecule has 0 aliphatic carbocycles. The van der Waals surface area contributed by atoms with E-state index in [0.717, 1.165) is 9.96 Å². The minimum atomic E-state index is -1.26. The van der Waals surface area contributed by atoms with Crippen LogP contribution in [-0.2, 0) is 14.4 Å². The molecule has 2 rings (SSSR count). The van der Waals surface area contributed by atoms with Gasteiger partial charge < -0.3 is 20.3 Å². The van der Waals surface area contributed by atoms with Crippen LogP contribution in [0.15, 0.2) is 27.9 Å². The van der Waals surface area contributed by atoms with Gasteiger partial charge in [0.1, 0.15) is 6.54 Å². The average Bonchev–Trinajstić information content (AvgIpc) is 2.67. The second-order valence-electron chi connectivity index (χ2n) is 6.10. The minimum absolute atomic E-state index is 0.113. The van der Waals surface area contributed by atoms with Crippen LogP contribution >= 0.6 is 15.9 Å². The first-order valence-electron chi connectivity index (χ1n) is 8.59. The summed E-state index contributed by atoms with van der Waals surface area (Å²) in [5.41, 5.74) is 0.391. The molecule has 0 spiro atoms. The van der Waals surface area contributed by atoms with E-state index in [4.69, 9.17) is 9.57 Å². The Morgan fingerprint density at radius 1 is 1.34 bits per heavy atom. The summed E-state index contributed by atoms with van der Waals surface area (Å²) in [7, 11) is 2.68. The number of nitrogens with zero attached hydrogens (tertiary/aromatic N) is 2. The molecule has 11 heteroatoms. The number of aliphatic carboxylic acids is 1. The van der Waals surface area contributed by atoms with E-state index in [1.165, 1.54) is 33.3 Å². The number of rotatable bonds is 7. The number of urea groups is 1. The summed E-state index contributed by atoms with van der Waals surface area (Å²) in [6.45, 7) is 3.04. The van der Waals surface area contributed by atoms with E-state index in [-0.39, 0.29) is 40.3 Å². The van der Waals surface area contributed by atoms with Crippen molar-refractivity contribution < 1.29 is 34.2 Å². The molecule has 1 unspecified atom stereocenters. The van der Waals surface area contributed by atoms with Crippen LogP contribution in [0.2, 0.25) is 0 Å². The van der Waals surface area contributed by atoms with Gasteiger partial charge in [0.2, 0.25) is 0 Å². The van der Waals surface area contributed by atoms with E-state index >= 15 is 0 Å². The standard InChI is InChI=1S/C18H22BrN3O7/c1-5-22(29-4)13(23)8-21-9(2)14(17(25)26)15(20-18(21)27)10-6-11(19)16(24)12(7-10)28-3/h6-7,15,24H,5,8H2,1-4H3,(H,20,27)(H,25,26). The molecule has 0 saturated carbocycles. The van der Waals surface area contributed by atoms with E-state index in [9.17, 15) is 24.6 Å². The Morgan fingerprint density at radius 3 is 2.52 bits per heavy atom. The number of likely N-dealkylation sites (N-methyl/N-ethyl adjacent to an activating group) is 1. The van der Waals surface area contributed by atoms with Crippen molar-refractivity contribution in [1.29, 1.82) is 0 Å². The third-order valence-electron chi connectivity index (χ3n) is 4.51. The van der Waals surface area contributed by atoms with Gasteiger partial charge in [-0.05, 0) is 47.5 Å². The molecule has 0 radical (unpaired) electrons. The number of halogens is 1. The van der Waals surface area contributed by atoms with Crippen molar-refractivity contribution in [2.24, 2.45) is 0 Å². The van der Waals surface area contributed by atoms with E-state index in [1.807, 2.05) is 0 Å². The number of aromatic hydroxyl groups is 1. The molecule has 29 heavy (non-hydrogen) atoms. The summed E-state index contributed by atoms with van der Waals surface area (Å²) < 4.78 is 5.38. The number of carbonyl (C=O) groups is 3. The number of hydroxylamine groups is 2. The molecule has 3 N–H and O–H groups in total. The molecule has 0 bridgehead atoms. The Morgan fingerprint density at radius 2 is 2.00 bits per heavy atom. The van der Waals surface area contributed by atoms with Crippen LogP contribution in [0, 0.1) is 0 Å². The predicted octanol–water partition coefficient (Wildman–Crippen LogP) is 2.00. The molecule has 3 amide bonds. The molecule has 1 aliphatic heterocycles. The molecule has 10 nitrogen and oxygen atoms in total. The van der Waals surface area contributed by atoms with Gasteiger partial charge >= 0.3 is 12.0 Å². The number of phenolic OH excluding ortho intramolecular Hbond substituents is 1. The number of hydrogen-bond donors (Lipinski definition) is 3. The van der Waals surface area contributed by atoms with Gasteiger partial charge in [-0.15, -0.1) is 0 Å². The number of carbonyl (C=O) groups excluding carboxylic acids is 2. The zero-order chi connectivity index (χ0) is 21.9. The van der Waals surface area contributed by atoms with Gasteiger partial charge in [0.25, 0.3) is 5.91 Å². The zero-order valence-electron chi connectivity index (χ0n) is 16.4. The molecule has 0 saturated heterocycles. The van der Waals surface area contributed by atoms with Gasteiger partial charge in [-0.1, -0.05) is 0 Å². The van der Waals surface area contributed by atoms with Gasteiger partial charge in [-0.3, -0.25) is 14.5 Å². The maximum absolute atomic E-state index is 12.7. The summed E-state index contributed by atoms with van der Waals surface area (Å²) in [4.78, 5) is 43.0. The summed E-state index contributed by atoms with van der Waals surface area (Å²) >= 11 is 3.19. The maximum atomic E-state index is 12.7. The number of methoxy groups -OCH3 is 1. The second kappa shape index (κ2) is 9.14. The van der Waals surface area contributed by atoms with Crippen molar-refractivity contribution in [2.75, 3.05) is 27.3 Å². The highest BCUT2D eigenvalue weighted by molar-refractivity contribution is 9.10. The SMILES string of the molecule is CCN(OC)C(=O)CN1C(=O)NC(c2cc(Br)c(O)c(OC)c2)C(C(=O)O)=C1C. The third kappa shape index (κ3) is 4.46. The van der Waals surface area contributed by atoms with Crippen LogP contribution in [0.1, 0.15) is 25.5 Å². The molecule has 0 aromatic heterocycles. The van der Waals surface area contributed by atoms with Crippen LogP contribution in [0.5, 0.6) is 11.5 Å². The Bertz CT molecular complexity index is 867. The Balaban J connectivity index is 2.50. The smallest absolute Gasteiger partial charge is 0.335 e. The van der Waals surface area contributed by atoms with Crippen LogP contribution in [0.4, 0.5) is 4.79 Å². The number of benzene rings is 1. The quantitative estimate of drug-likeness (QED) is 0.518. The van der Waals surface area contributed by atoms with Crippen molar-refractivity contribution in [2.45, 2.75) is 19.9 Å². The molecule has 1 aromatic carbocycles. The fraction of sp³-hybridized carbons (Fsp3) is 0.389. The monoisotopic (exact) mass is 471 g/mol. The first kappa shape index (κ1) is 22.5. The number of carboxylic acid groups (broad SMARTS) is 1. The number of amides is 3. The van der Waals surface area contributed by atoms with Gasteiger partial charge in [-0.25, -0.2) is 14.7 Å². The lowest BCUT2D eigenvalue weighted by Gasteiger charge is -2.35. The fourth-order valence-corrected chi connectivity index (χ4v) is 3.50. The van der Waals surface area contributed by atoms with E-state index in [1.54, 1.807) is 6.92 Å². The first-order chi connectivity index (χ1) is 13.7.